The van der Waals surface area contributed by atoms with E-state index in [2.05, 4.69) is 30.2 Å². The zero-order chi connectivity index (χ0) is 28.9. The average Bonchev–Trinajstić information content (AvgIpc) is 3.39. The van der Waals surface area contributed by atoms with Gasteiger partial charge in [0.25, 0.3) is 5.91 Å². The molecule has 12 heteroatoms. The number of aromatic nitrogens is 2. The predicted molar refractivity (Wildman–Crippen MR) is 152 cm³/mol. The number of carboxylic acids is 1. The minimum Gasteiger partial charge on any atom is -0.480 e. The number of aliphatic carboxylic acids is 1. The standard InChI is InChI=1S/C28H34N6O5S/c1-28(2,3)21-8-4-5-9-23(21)40(38,39)33-22(26(36)37)18-31-25(35)19-11-13-20(14-12-19)34-17-6-10-24(34)32-27-29-15-7-16-30-27/h4-5,7-9,11-16,22,24,33H,6,10,17-18H2,1-3H3,(H,31,35)(H,36,37)(H,29,30,32)/t22-,24?/m0/s1. The number of carbonyl (C=O) groups excluding carboxylic acids is 1. The topological polar surface area (TPSA) is 154 Å². The van der Waals surface area contributed by atoms with Crippen molar-refractivity contribution in [2.24, 2.45) is 0 Å². The van der Waals surface area contributed by atoms with Crippen molar-refractivity contribution in [3.05, 3.63) is 78.1 Å². The molecule has 0 radical (unpaired) electrons. The molecule has 1 fully saturated rings. The highest BCUT2D eigenvalue weighted by Gasteiger charge is 2.30. The van der Waals surface area contributed by atoms with Gasteiger partial charge in [0, 0.05) is 36.7 Å². The summed E-state index contributed by atoms with van der Waals surface area (Å²) in [4.78, 5) is 35.3. The first-order valence-corrected chi connectivity index (χ1v) is 14.5. The average molecular weight is 567 g/mol. The van der Waals surface area contributed by atoms with E-state index in [-0.39, 0.29) is 11.1 Å². The fraction of sp³-hybridized carbons (Fsp3) is 0.357. The maximum absolute atomic E-state index is 13.1. The number of nitrogens with zero attached hydrogens (tertiary/aromatic N) is 3. The number of hydrogen-bond acceptors (Lipinski definition) is 8. The van der Waals surface area contributed by atoms with E-state index >= 15 is 0 Å². The van der Waals surface area contributed by atoms with Gasteiger partial charge in [-0.1, -0.05) is 39.0 Å². The smallest absolute Gasteiger partial charge is 0.323 e. The Balaban J connectivity index is 1.40. The molecule has 0 spiro atoms. The molecule has 2 aromatic carbocycles. The number of carbonyl (C=O) groups is 2. The molecule has 4 rings (SSSR count). The molecule has 11 nitrogen and oxygen atoms in total. The van der Waals surface area contributed by atoms with Crippen molar-refractivity contribution >= 4 is 33.5 Å². The van der Waals surface area contributed by atoms with E-state index in [9.17, 15) is 23.1 Å². The molecule has 1 amide bonds. The number of benzene rings is 2. The molecule has 3 aromatic rings. The minimum atomic E-state index is -4.18. The Morgan fingerprint density at radius 1 is 1.05 bits per heavy atom. The van der Waals surface area contributed by atoms with Gasteiger partial charge in [0.15, 0.2) is 0 Å². The van der Waals surface area contributed by atoms with Crippen LogP contribution in [0.3, 0.4) is 0 Å². The lowest BCUT2D eigenvalue weighted by molar-refractivity contribution is -0.138. The van der Waals surface area contributed by atoms with E-state index < -0.39 is 39.9 Å². The Kier molecular flexibility index (Phi) is 8.70. The highest BCUT2D eigenvalue weighted by molar-refractivity contribution is 7.89. The van der Waals surface area contributed by atoms with Crippen LogP contribution < -0.4 is 20.3 Å². The summed E-state index contributed by atoms with van der Waals surface area (Å²) < 4.78 is 28.5. The molecule has 0 aliphatic carbocycles. The summed E-state index contributed by atoms with van der Waals surface area (Å²) in [6, 6.07) is 13.6. The van der Waals surface area contributed by atoms with Crippen LogP contribution in [0.25, 0.3) is 0 Å². The van der Waals surface area contributed by atoms with Gasteiger partial charge in [-0.15, -0.1) is 0 Å². The third kappa shape index (κ3) is 6.93. The predicted octanol–water partition coefficient (Wildman–Crippen LogP) is 2.97. The molecule has 1 aliphatic heterocycles. The lowest BCUT2D eigenvalue weighted by Gasteiger charge is -2.27. The van der Waals surface area contributed by atoms with Crippen molar-refractivity contribution < 1.29 is 23.1 Å². The number of anilines is 2. The highest BCUT2D eigenvalue weighted by Crippen LogP contribution is 2.29. The van der Waals surface area contributed by atoms with Crippen LogP contribution in [0.4, 0.5) is 11.6 Å². The molecule has 40 heavy (non-hydrogen) atoms. The van der Waals surface area contributed by atoms with Crippen LogP contribution in [0.5, 0.6) is 0 Å². The number of sulfonamides is 1. The zero-order valence-electron chi connectivity index (χ0n) is 22.7. The molecular formula is C28H34N6O5S. The second-order valence-corrected chi connectivity index (χ2v) is 12.3. The summed E-state index contributed by atoms with van der Waals surface area (Å²) in [7, 11) is -4.18. The van der Waals surface area contributed by atoms with Gasteiger partial charge in [0.1, 0.15) is 12.2 Å². The van der Waals surface area contributed by atoms with Crippen LogP contribution in [0.15, 0.2) is 71.9 Å². The summed E-state index contributed by atoms with van der Waals surface area (Å²) in [5, 5.41) is 15.6. The molecule has 0 saturated carbocycles. The minimum absolute atomic E-state index is 0.00389. The second-order valence-electron chi connectivity index (χ2n) is 10.6. The van der Waals surface area contributed by atoms with E-state index in [0.29, 0.717) is 17.1 Å². The Bertz CT molecular complexity index is 1440. The van der Waals surface area contributed by atoms with Crippen LogP contribution in [0.1, 0.15) is 49.5 Å². The second kappa shape index (κ2) is 12.0. The first-order valence-electron chi connectivity index (χ1n) is 13.0. The van der Waals surface area contributed by atoms with E-state index in [1.54, 1.807) is 48.8 Å². The van der Waals surface area contributed by atoms with Gasteiger partial charge >= 0.3 is 5.97 Å². The molecule has 1 aliphatic rings. The third-order valence-electron chi connectivity index (χ3n) is 6.62. The summed E-state index contributed by atoms with van der Waals surface area (Å²) in [6.45, 7) is 6.02. The third-order valence-corrected chi connectivity index (χ3v) is 8.15. The number of amides is 1. The number of nitrogens with one attached hydrogen (secondary N) is 3. The van der Waals surface area contributed by atoms with Crippen LogP contribution in [0, 0.1) is 0 Å². The molecule has 1 saturated heterocycles. The SMILES string of the molecule is CC(C)(C)c1ccccc1S(=O)(=O)N[C@@H](CNC(=O)c1ccc(N2CCCC2Nc2ncccn2)cc1)C(=O)O. The van der Waals surface area contributed by atoms with Gasteiger partial charge < -0.3 is 20.6 Å². The Morgan fingerprint density at radius 3 is 2.38 bits per heavy atom. The quantitative estimate of drug-likeness (QED) is 0.290. The summed E-state index contributed by atoms with van der Waals surface area (Å²) in [5.74, 6) is -1.37. The van der Waals surface area contributed by atoms with E-state index in [0.717, 1.165) is 25.1 Å². The molecular weight excluding hydrogens is 532 g/mol. The summed E-state index contributed by atoms with van der Waals surface area (Å²) in [6.07, 6.45) is 5.25. The van der Waals surface area contributed by atoms with Crippen molar-refractivity contribution in [2.75, 3.05) is 23.3 Å². The summed E-state index contributed by atoms with van der Waals surface area (Å²) >= 11 is 0. The molecule has 2 heterocycles. The van der Waals surface area contributed by atoms with Crippen LogP contribution in [-0.4, -0.2) is 60.7 Å². The Morgan fingerprint density at radius 2 is 1.73 bits per heavy atom. The summed E-state index contributed by atoms with van der Waals surface area (Å²) in [5.41, 5.74) is 1.31. The molecule has 0 bridgehead atoms. The van der Waals surface area contributed by atoms with E-state index in [4.69, 9.17) is 0 Å². The van der Waals surface area contributed by atoms with Crippen LogP contribution in [-0.2, 0) is 20.2 Å². The highest BCUT2D eigenvalue weighted by atomic mass is 32.2. The fourth-order valence-electron chi connectivity index (χ4n) is 4.60. The fourth-order valence-corrected chi connectivity index (χ4v) is 6.21. The van der Waals surface area contributed by atoms with Crippen LogP contribution >= 0.6 is 0 Å². The monoisotopic (exact) mass is 566 g/mol. The number of rotatable bonds is 10. The lowest BCUT2D eigenvalue weighted by Crippen LogP contribution is -2.48. The van der Waals surface area contributed by atoms with Gasteiger partial charge in [-0.25, -0.2) is 18.4 Å². The van der Waals surface area contributed by atoms with Gasteiger partial charge in [-0.05, 0) is 60.2 Å². The number of carboxylic acid groups (broad SMARTS) is 1. The maximum atomic E-state index is 13.1. The molecule has 4 N–H and O–H groups in total. The first kappa shape index (κ1) is 29.0. The van der Waals surface area contributed by atoms with Crippen molar-refractivity contribution in [2.45, 2.75) is 56.1 Å². The van der Waals surface area contributed by atoms with Crippen molar-refractivity contribution in [1.82, 2.24) is 20.0 Å². The van der Waals surface area contributed by atoms with Gasteiger partial charge in [0.2, 0.25) is 16.0 Å². The van der Waals surface area contributed by atoms with Crippen molar-refractivity contribution in [3.63, 3.8) is 0 Å². The van der Waals surface area contributed by atoms with Gasteiger partial charge in [-0.2, -0.15) is 4.72 Å². The largest absolute Gasteiger partial charge is 0.480 e. The first-order chi connectivity index (χ1) is 19.0. The lowest BCUT2D eigenvalue weighted by atomic mass is 9.87. The maximum Gasteiger partial charge on any atom is 0.323 e. The van der Waals surface area contributed by atoms with E-state index in [1.165, 1.54) is 6.07 Å². The zero-order valence-corrected chi connectivity index (χ0v) is 23.5. The van der Waals surface area contributed by atoms with Gasteiger partial charge in [0.05, 0.1) is 4.90 Å². The molecule has 1 unspecified atom stereocenters. The normalized spacial score (nSPS) is 16.4. The van der Waals surface area contributed by atoms with Crippen LogP contribution in [0.2, 0.25) is 0 Å². The molecule has 212 valence electrons. The molecule has 2 atom stereocenters. The Labute approximate surface area is 234 Å². The van der Waals surface area contributed by atoms with Crippen molar-refractivity contribution in [1.29, 1.82) is 0 Å². The van der Waals surface area contributed by atoms with Crippen molar-refractivity contribution in [3.8, 4) is 0 Å². The van der Waals surface area contributed by atoms with Gasteiger partial charge in [-0.3, -0.25) is 9.59 Å². The number of hydrogen-bond donors (Lipinski definition) is 4. The van der Waals surface area contributed by atoms with E-state index in [1.807, 2.05) is 32.9 Å². The molecule has 1 aromatic heterocycles. The Hall–Kier alpha value is -4.03.